The van der Waals surface area contributed by atoms with E-state index in [2.05, 4.69) is 66.7 Å². The van der Waals surface area contributed by atoms with E-state index < -0.39 is 0 Å². The highest BCUT2D eigenvalue weighted by atomic mass is 32.1. The zero-order chi connectivity index (χ0) is 26.0. The van der Waals surface area contributed by atoms with Crippen LogP contribution in [0.2, 0.25) is 0 Å². The first-order chi connectivity index (χ1) is 19.3. The van der Waals surface area contributed by atoms with Crippen LogP contribution in [-0.4, -0.2) is 19.9 Å². The molecular weight excluding hydrogens is 496 g/mol. The van der Waals surface area contributed by atoms with Crippen molar-refractivity contribution >= 4 is 21.6 Å². The third kappa shape index (κ3) is 4.60. The maximum absolute atomic E-state index is 5.04. The highest BCUT2D eigenvalue weighted by Gasteiger charge is 2.17. The Morgan fingerprint density at radius 2 is 0.923 bits per heavy atom. The van der Waals surface area contributed by atoms with Gasteiger partial charge < -0.3 is 0 Å². The fourth-order valence-electron chi connectivity index (χ4n) is 4.64. The summed E-state index contributed by atoms with van der Waals surface area (Å²) in [6, 6.07) is 45.2. The SMILES string of the molecule is c1ccc(-c2cccc(-c3nc(-c4ccccc4)nc(-c4cccc5sc(-c6ccccc6)nc45)n3)c2)cc1. The lowest BCUT2D eigenvalue weighted by molar-refractivity contribution is 1.08. The Balaban J connectivity index is 1.41. The van der Waals surface area contributed by atoms with Crippen molar-refractivity contribution in [3.63, 3.8) is 0 Å². The number of fused-ring (bicyclic) bond motifs is 1. The summed E-state index contributed by atoms with van der Waals surface area (Å²) >= 11 is 1.68. The molecule has 0 saturated heterocycles. The number of para-hydroxylation sites is 1. The first-order valence-electron chi connectivity index (χ1n) is 12.7. The van der Waals surface area contributed by atoms with Crippen molar-refractivity contribution in [1.82, 2.24) is 19.9 Å². The topological polar surface area (TPSA) is 51.6 Å². The van der Waals surface area contributed by atoms with Crippen molar-refractivity contribution in [2.45, 2.75) is 0 Å². The van der Waals surface area contributed by atoms with Gasteiger partial charge in [0.05, 0.1) is 10.2 Å². The van der Waals surface area contributed by atoms with Crippen LogP contribution in [0, 0.1) is 0 Å². The second-order valence-electron chi connectivity index (χ2n) is 9.16. The second kappa shape index (κ2) is 10.0. The molecule has 7 aromatic rings. The largest absolute Gasteiger partial charge is 0.235 e. The minimum atomic E-state index is 0.611. The third-order valence-corrected chi connectivity index (χ3v) is 7.65. The minimum Gasteiger partial charge on any atom is -0.235 e. The molecule has 0 aliphatic rings. The number of hydrogen-bond acceptors (Lipinski definition) is 5. The summed E-state index contributed by atoms with van der Waals surface area (Å²) in [7, 11) is 0. The smallest absolute Gasteiger partial charge is 0.166 e. The van der Waals surface area contributed by atoms with Crippen LogP contribution in [0.15, 0.2) is 133 Å². The zero-order valence-electron chi connectivity index (χ0n) is 20.9. The van der Waals surface area contributed by atoms with Crippen LogP contribution in [0.5, 0.6) is 0 Å². The number of aromatic nitrogens is 4. The van der Waals surface area contributed by atoms with Crippen molar-refractivity contribution < 1.29 is 0 Å². The standard InChI is InChI=1S/C34H22N4S/c1-4-12-23(13-5-1)26-18-10-19-27(22-26)32-36-31(24-14-6-2-7-15-24)37-33(38-32)28-20-11-21-29-30(28)35-34(39-29)25-16-8-3-9-17-25/h1-22H. The fourth-order valence-corrected chi connectivity index (χ4v) is 5.64. The van der Waals surface area contributed by atoms with Crippen molar-refractivity contribution in [2.24, 2.45) is 0 Å². The van der Waals surface area contributed by atoms with E-state index in [9.17, 15) is 0 Å². The Hall–Kier alpha value is -5.00. The van der Waals surface area contributed by atoms with Crippen molar-refractivity contribution in [3.8, 4) is 55.9 Å². The molecule has 0 unspecified atom stereocenters. The number of rotatable bonds is 5. The first-order valence-corrected chi connectivity index (χ1v) is 13.6. The summed E-state index contributed by atoms with van der Waals surface area (Å²) < 4.78 is 1.10. The van der Waals surface area contributed by atoms with Crippen LogP contribution >= 0.6 is 11.3 Å². The molecule has 4 nitrogen and oxygen atoms in total. The van der Waals surface area contributed by atoms with Gasteiger partial charge in [-0.1, -0.05) is 115 Å². The molecule has 0 aliphatic heterocycles. The minimum absolute atomic E-state index is 0.611. The summed E-state index contributed by atoms with van der Waals surface area (Å²) in [6.45, 7) is 0. The molecule has 2 heterocycles. The van der Waals surface area contributed by atoms with Gasteiger partial charge in [0.1, 0.15) is 5.01 Å². The summed E-state index contributed by atoms with van der Waals surface area (Å²) in [5.74, 6) is 1.88. The molecule has 0 radical (unpaired) electrons. The first kappa shape index (κ1) is 23.1. The molecule has 5 aromatic carbocycles. The molecule has 184 valence electrons. The van der Waals surface area contributed by atoms with Crippen molar-refractivity contribution in [3.05, 3.63) is 133 Å². The Kier molecular flexibility index (Phi) is 5.96. The van der Waals surface area contributed by atoms with Gasteiger partial charge in [0.2, 0.25) is 0 Å². The van der Waals surface area contributed by atoms with Gasteiger partial charge >= 0.3 is 0 Å². The average molecular weight is 519 g/mol. The van der Waals surface area contributed by atoms with Crippen molar-refractivity contribution in [1.29, 1.82) is 0 Å². The molecule has 0 N–H and O–H groups in total. The lowest BCUT2D eigenvalue weighted by Crippen LogP contribution is -2.00. The van der Waals surface area contributed by atoms with Crippen LogP contribution in [-0.2, 0) is 0 Å². The summed E-state index contributed by atoms with van der Waals surface area (Å²) in [6.07, 6.45) is 0. The summed E-state index contributed by atoms with van der Waals surface area (Å²) in [5.41, 5.74) is 7.04. The van der Waals surface area contributed by atoms with E-state index in [0.717, 1.165) is 48.6 Å². The number of hydrogen-bond donors (Lipinski definition) is 0. The number of nitrogens with zero attached hydrogens (tertiary/aromatic N) is 4. The van der Waals surface area contributed by atoms with Gasteiger partial charge in [-0.15, -0.1) is 11.3 Å². The Morgan fingerprint density at radius 1 is 0.385 bits per heavy atom. The molecule has 0 bridgehead atoms. The van der Waals surface area contributed by atoms with Gasteiger partial charge in [0.15, 0.2) is 17.5 Å². The van der Waals surface area contributed by atoms with Gasteiger partial charge in [0, 0.05) is 22.3 Å². The number of thiazole rings is 1. The fraction of sp³-hybridized carbons (Fsp3) is 0. The molecule has 0 fully saturated rings. The maximum atomic E-state index is 5.04. The van der Waals surface area contributed by atoms with Gasteiger partial charge in [-0.25, -0.2) is 19.9 Å². The van der Waals surface area contributed by atoms with E-state index in [0.29, 0.717) is 17.5 Å². The van der Waals surface area contributed by atoms with Crippen LogP contribution < -0.4 is 0 Å². The van der Waals surface area contributed by atoms with Crippen molar-refractivity contribution in [2.75, 3.05) is 0 Å². The molecule has 7 rings (SSSR count). The molecule has 0 amide bonds. The molecule has 0 atom stereocenters. The molecule has 39 heavy (non-hydrogen) atoms. The highest BCUT2D eigenvalue weighted by Crippen LogP contribution is 2.36. The van der Waals surface area contributed by atoms with E-state index in [1.807, 2.05) is 66.7 Å². The second-order valence-corrected chi connectivity index (χ2v) is 10.2. The maximum Gasteiger partial charge on any atom is 0.166 e. The van der Waals surface area contributed by atoms with Gasteiger partial charge in [0.25, 0.3) is 0 Å². The molecule has 0 spiro atoms. The molecule has 2 aromatic heterocycles. The third-order valence-electron chi connectivity index (χ3n) is 6.58. The molecule has 0 saturated carbocycles. The predicted molar refractivity (Wildman–Crippen MR) is 160 cm³/mol. The summed E-state index contributed by atoms with van der Waals surface area (Å²) in [4.78, 5) is 19.9. The monoisotopic (exact) mass is 518 g/mol. The van der Waals surface area contributed by atoms with Crippen LogP contribution in [0.25, 0.3) is 66.1 Å². The predicted octanol–water partition coefficient (Wildman–Crippen LogP) is 8.82. The van der Waals surface area contributed by atoms with Crippen LogP contribution in [0.1, 0.15) is 0 Å². The quantitative estimate of drug-likeness (QED) is 0.228. The van der Waals surface area contributed by atoms with E-state index >= 15 is 0 Å². The van der Waals surface area contributed by atoms with Crippen LogP contribution in [0.3, 0.4) is 0 Å². The van der Waals surface area contributed by atoms with E-state index in [-0.39, 0.29) is 0 Å². The van der Waals surface area contributed by atoms with Gasteiger partial charge in [-0.05, 0) is 29.3 Å². The zero-order valence-corrected chi connectivity index (χ0v) is 21.7. The van der Waals surface area contributed by atoms with Gasteiger partial charge in [-0.2, -0.15) is 0 Å². The van der Waals surface area contributed by atoms with Crippen LogP contribution in [0.4, 0.5) is 0 Å². The van der Waals surface area contributed by atoms with E-state index in [1.54, 1.807) is 11.3 Å². The molecular formula is C34H22N4S. The van der Waals surface area contributed by atoms with E-state index in [4.69, 9.17) is 19.9 Å². The van der Waals surface area contributed by atoms with Gasteiger partial charge in [-0.3, -0.25) is 0 Å². The lowest BCUT2D eigenvalue weighted by Gasteiger charge is -2.10. The highest BCUT2D eigenvalue weighted by molar-refractivity contribution is 7.21. The van der Waals surface area contributed by atoms with E-state index in [1.165, 1.54) is 0 Å². The molecule has 5 heteroatoms. The Bertz CT molecular complexity index is 1900. The Labute approximate surface area is 230 Å². The molecule has 0 aliphatic carbocycles. The Morgan fingerprint density at radius 3 is 1.64 bits per heavy atom. The lowest BCUT2D eigenvalue weighted by atomic mass is 10.0. The number of benzene rings is 5. The average Bonchev–Trinajstić information content (AvgIpc) is 3.47. The summed E-state index contributed by atoms with van der Waals surface area (Å²) in [5, 5.41) is 0.978. The normalized spacial score (nSPS) is 11.1.